The molecule has 66 valence electrons. The summed E-state index contributed by atoms with van der Waals surface area (Å²) in [4.78, 5) is -0.594. The van der Waals surface area contributed by atoms with Crippen LogP contribution in [0, 0.1) is 0 Å². The summed E-state index contributed by atoms with van der Waals surface area (Å²) < 4.78 is 4.96. The Bertz CT molecular complexity index is 273. The van der Waals surface area contributed by atoms with Gasteiger partial charge in [0.25, 0.3) is 0 Å². The molecule has 0 atom stereocenters. The van der Waals surface area contributed by atoms with Gasteiger partial charge in [-0.3, -0.25) is 0 Å². The molecule has 1 aromatic rings. The molecule has 0 unspecified atom stereocenters. The third-order valence-electron chi connectivity index (χ3n) is 1.44. The summed E-state index contributed by atoms with van der Waals surface area (Å²) in [6.45, 7) is 0. The van der Waals surface area contributed by atoms with Crippen LogP contribution in [0.4, 0.5) is 0 Å². The highest BCUT2D eigenvalue weighted by atomic mass is 35.5. The Hall–Kier alpha value is -0.110. The van der Waals surface area contributed by atoms with Crippen molar-refractivity contribution in [2.45, 2.75) is 4.84 Å². The van der Waals surface area contributed by atoms with Crippen molar-refractivity contribution in [2.75, 3.05) is 7.11 Å². The van der Waals surface area contributed by atoms with Crippen molar-refractivity contribution in [2.24, 2.45) is 0 Å². The maximum Gasteiger partial charge on any atom is 0.134 e. The van der Waals surface area contributed by atoms with Crippen LogP contribution in [0.25, 0.3) is 0 Å². The number of halogens is 3. The third-order valence-corrected chi connectivity index (χ3v) is 2.24. The second-order valence-electron chi connectivity index (χ2n) is 2.19. The Balaban J connectivity index is 3.03. The minimum Gasteiger partial charge on any atom is -0.497 e. The first-order valence-electron chi connectivity index (χ1n) is 3.26. The fourth-order valence-corrected chi connectivity index (χ4v) is 1.58. The maximum atomic E-state index is 5.85. The molecule has 0 saturated carbocycles. The molecule has 0 spiro atoms. The Morgan fingerprint density at radius 3 is 2.42 bits per heavy atom. The molecule has 0 bridgehead atoms. The van der Waals surface area contributed by atoms with E-state index in [1.807, 2.05) is 0 Å². The van der Waals surface area contributed by atoms with Crippen molar-refractivity contribution in [3.63, 3.8) is 0 Å². The van der Waals surface area contributed by atoms with Crippen molar-refractivity contribution in [3.05, 3.63) is 28.8 Å². The summed E-state index contributed by atoms with van der Waals surface area (Å²) >= 11 is 17.1. The minimum absolute atomic E-state index is 0.518. The molecule has 0 N–H and O–H groups in total. The van der Waals surface area contributed by atoms with Gasteiger partial charge in [-0.1, -0.05) is 17.7 Å². The van der Waals surface area contributed by atoms with Gasteiger partial charge in [-0.2, -0.15) is 0 Å². The number of alkyl halides is 2. The van der Waals surface area contributed by atoms with Gasteiger partial charge >= 0.3 is 0 Å². The number of benzene rings is 1. The average Bonchev–Trinajstić information content (AvgIpc) is 2.03. The molecule has 0 aliphatic rings. The molecule has 0 amide bonds. The first kappa shape index (κ1) is 9.97. The predicted octanol–water partition coefficient (Wildman–Crippen LogP) is 3.82. The summed E-state index contributed by atoms with van der Waals surface area (Å²) in [5, 5.41) is 0.518. The molecular weight excluding hydrogens is 218 g/mol. The lowest BCUT2D eigenvalue weighted by molar-refractivity contribution is 0.414. The number of hydrogen-bond donors (Lipinski definition) is 0. The molecule has 0 aliphatic carbocycles. The van der Waals surface area contributed by atoms with Crippen LogP contribution in [0.5, 0.6) is 5.75 Å². The zero-order chi connectivity index (χ0) is 9.14. The largest absolute Gasteiger partial charge is 0.497 e. The lowest BCUT2D eigenvalue weighted by Crippen LogP contribution is -1.86. The van der Waals surface area contributed by atoms with Crippen molar-refractivity contribution in [1.82, 2.24) is 0 Å². The summed E-state index contributed by atoms with van der Waals surface area (Å²) in [6, 6.07) is 5.18. The lowest BCUT2D eigenvalue weighted by Gasteiger charge is -2.06. The molecule has 12 heavy (non-hydrogen) atoms. The van der Waals surface area contributed by atoms with Crippen LogP contribution >= 0.6 is 34.8 Å². The molecule has 0 saturated heterocycles. The van der Waals surface area contributed by atoms with Crippen molar-refractivity contribution in [1.29, 1.82) is 0 Å². The van der Waals surface area contributed by atoms with Gasteiger partial charge in [-0.05, 0) is 12.1 Å². The summed E-state index contributed by atoms with van der Waals surface area (Å²) in [7, 11) is 1.57. The van der Waals surface area contributed by atoms with E-state index in [0.29, 0.717) is 16.3 Å². The standard InChI is InChI=1S/C8H7Cl3O/c1-12-5-2-3-6(8(10)11)7(9)4-5/h2-4,8H,1H3. The van der Waals surface area contributed by atoms with Crippen molar-refractivity contribution < 1.29 is 4.74 Å². The van der Waals surface area contributed by atoms with Crippen LogP contribution in [-0.4, -0.2) is 7.11 Å². The third kappa shape index (κ3) is 2.19. The average molecular weight is 226 g/mol. The van der Waals surface area contributed by atoms with Crippen molar-refractivity contribution in [3.8, 4) is 5.75 Å². The van der Waals surface area contributed by atoms with E-state index in [-0.39, 0.29) is 0 Å². The topological polar surface area (TPSA) is 9.23 Å². The second kappa shape index (κ2) is 4.22. The zero-order valence-corrected chi connectivity index (χ0v) is 8.62. The fraction of sp³-hybridized carbons (Fsp3) is 0.250. The minimum atomic E-state index is -0.594. The van der Waals surface area contributed by atoms with Crippen LogP contribution in [0.15, 0.2) is 18.2 Å². The number of methoxy groups -OCH3 is 1. The molecule has 0 aromatic heterocycles. The molecule has 0 fully saturated rings. The highest BCUT2D eigenvalue weighted by molar-refractivity contribution is 6.45. The second-order valence-corrected chi connectivity index (χ2v) is 3.69. The Morgan fingerprint density at radius 1 is 1.33 bits per heavy atom. The fourth-order valence-electron chi connectivity index (χ4n) is 0.812. The number of ether oxygens (including phenoxy) is 1. The highest BCUT2D eigenvalue weighted by Gasteiger charge is 2.08. The van der Waals surface area contributed by atoms with E-state index in [1.165, 1.54) is 0 Å². The van der Waals surface area contributed by atoms with Gasteiger partial charge in [-0.25, -0.2) is 0 Å². The molecule has 1 nitrogen and oxygen atoms in total. The molecule has 4 heteroatoms. The van der Waals surface area contributed by atoms with E-state index >= 15 is 0 Å². The summed E-state index contributed by atoms with van der Waals surface area (Å²) in [6.07, 6.45) is 0. The van der Waals surface area contributed by atoms with E-state index in [2.05, 4.69) is 0 Å². The van der Waals surface area contributed by atoms with E-state index < -0.39 is 4.84 Å². The molecule has 1 aromatic carbocycles. The normalized spacial score (nSPS) is 10.4. The Morgan fingerprint density at radius 2 is 2.00 bits per heavy atom. The number of rotatable bonds is 2. The molecule has 0 heterocycles. The molecule has 0 radical (unpaired) electrons. The van der Waals surface area contributed by atoms with Gasteiger partial charge in [0, 0.05) is 5.56 Å². The quantitative estimate of drug-likeness (QED) is 0.695. The van der Waals surface area contributed by atoms with Gasteiger partial charge in [0.2, 0.25) is 0 Å². The van der Waals surface area contributed by atoms with Crippen LogP contribution in [0.3, 0.4) is 0 Å². The van der Waals surface area contributed by atoms with Gasteiger partial charge in [-0.15, -0.1) is 23.2 Å². The van der Waals surface area contributed by atoms with E-state index in [4.69, 9.17) is 39.5 Å². The predicted molar refractivity (Wildman–Crippen MR) is 52.5 cm³/mol. The van der Waals surface area contributed by atoms with Crippen LogP contribution < -0.4 is 4.74 Å². The zero-order valence-electron chi connectivity index (χ0n) is 6.35. The van der Waals surface area contributed by atoms with Gasteiger partial charge in [0.05, 0.1) is 12.1 Å². The highest BCUT2D eigenvalue weighted by Crippen LogP contribution is 2.32. The molecule has 0 aliphatic heterocycles. The van der Waals surface area contributed by atoms with Crippen LogP contribution in [0.1, 0.15) is 10.4 Å². The van der Waals surface area contributed by atoms with Gasteiger partial charge in [0.15, 0.2) is 0 Å². The monoisotopic (exact) mass is 224 g/mol. The summed E-state index contributed by atoms with van der Waals surface area (Å²) in [5.74, 6) is 0.692. The Kier molecular flexibility index (Phi) is 3.51. The molecular formula is C8H7Cl3O. The Labute approximate surface area is 86.2 Å². The first-order valence-corrected chi connectivity index (χ1v) is 4.52. The van der Waals surface area contributed by atoms with Gasteiger partial charge in [0.1, 0.15) is 10.6 Å². The molecule has 1 rings (SSSR count). The van der Waals surface area contributed by atoms with E-state index in [0.717, 1.165) is 0 Å². The van der Waals surface area contributed by atoms with Crippen molar-refractivity contribution >= 4 is 34.8 Å². The van der Waals surface area contributed by atoms with E-state index in [9.17, 15) is 0 Å². The first-order chi connectivity index (χ1) is 5.65. The maximum absolute atomic E-state index is 5.85. The lowest BCUT2D eigenvalue weighted by atomic mass is 10.2. The van der Waals surface area contributed by atoms with E-state index in [1.54, 1.807) is 25.3 Å². The van der Waals surface area contributed by atoms with Crippen LogP contribution in [0.2, 0.25) is 5.02 Å². The summed E-state index contributed by atoms with van der Waals surface area (Å²) in [5.41, 5.74) is 0.695. The van der Waals surface area contributed by atoms with Crippen LogP contribution in [-0.2, 0) is 0 Å². The van der Waals surface area contributed by atoms with Gasteiger partial charge < -0.3 is 4.74 Å². The number of hydrogen-bond acceptors (Lipinski definition) is 1. The smallest absolute Gasteiger partial charge is 0.134 e. The SMILES string of the molecule is COc1ccc(C(Cl)Cl)c(Cl)c1.